The Morgan fingerprint density at radius 1 is 1.35 bits per heavy atom. The summed E-state index contributed by atoms with van der Waals surface area (Å²) >= 11 is 0. The van der Waals surface area contributed by atoms with Crippen molar-refractivity contribution in [2.24, 2.45) is 0 Å². The van der Waals surface area contributed by atoms with E-state index >= 15 is 0 Å². The number of aryl methyl sites for hydroxylation is 1. The van der Waals surface area contributed by atoms with Gasteiger partial charge in [-0.1, -0.05) is 25.1 Å². The van der Waals surface area contributed by atoms with Gasteiger partial charge in [-0.25, -0.2) is 13.1 Å². The van der Waals surface area contributed by atoms with Gasteiger partial charge in [-0.15, -0.1) is 0 Å². The second-order valence-corrected chi connectivity index (χ2v) is 8.85. The molecule has 1 N–H and O–H groups in total. The summed E-state index contributed by atoms with van der Waals surface area (Å²) in [6.45, 7) is 6.32. The first kappa shape index (κ1) is 21.2. The predicted molar refractivity (Wildman–Crippen MR) is 104 cm³/mol. The maximum absolute atomic E-state index is 11.7. The van der Waals surface area contributed by atoms with E-state index in [-0.39, 0.29) is 18.2 Å². The Hall–Kier alpha value is -1.15. The highest BCUT2D eigenvalue weighted by atomic mass is 32.2. The van der Waals surface area contributed by atoms with Crippen LogP contribution in [0.4, 0.5) is 0 Å². The van der Waals surface area contributed by atoms with Crippen molar-refractivity contribution in [1.29, 1.82) is 0 Å². The van der Waals surface area contributed by atoms with E-state index in [1.807, 2.05) is 31.2 Å². The van der Waals surface area contributed by atoms with E-state index in [1.54, 1.807) is 7.11 Å². The van der Waals surface area contributed by atoms with E-state index in [1.165, 1.54) is 6.26 Å². The summed E-state index contributed by atoms with van der Waals surface area (Å²) in [6, 6.07) is 7.91. The molecule has 148 valence electrons. The van der Waals surface area contributed by atoms with Crippen LogP contribution in [0.1, 0.15) is 31.7 Å². The molecule has 0 radical (unpaired) electrons. The van der Waals surface area contributed by atoms with Crippen molar-refractivity contribution in [1.82, 2.24) is 9.62 Å². The third kappa shape index (κ3) is 6.23. The Bertz CT molecular complexity index is 665. The number of benzene rings is 1. The van der Waals surface area contributed by atoms with Gasteiger partial charge in [0, 0.05) is 25.7 Å². The number of nitrogens with zero attached hydrogens (tertiary/aromatic N) is 1. The van der Waals surface area contributed by atoms with Crippen molar-refractivity contribution in [3.8, 4) is 5.75 Å². The summed E-state index contributed by atoms with van der Waals surface area (Å²) in [5, 5.41) is 0. The molecule has 2 unspecified atom stereocenters. The average molecular weight is 385 g/mol. The molecule has 0 saturated carbocycles. The van der Waals surface area contributed by atoms with Gasteiger partial charge in [0.05, 0.1) is 12.9 Å². The lowest BCUT2D eigenvalue weighted by molar-refractivity contribution is 0.0220. The first-order chi connectivity index (χ1) is 12.3. The highest BCUT2D eigenvalue weighted by Crippen LogP contribution is 2.23. The number of hydrogen-bond donors (Lipinski definition) is 1. The number of hydrogen-bond acceptors (Lipinski definition) is 5. The Labute approximate surface area is 157 Å². The molecule has 0 aliphatic carbocycles. The van der Waals surface area contributed by atoms with Crippen LogP contribution < -0.4 is 9.46 Å². The Morgan fingerprint density at radius 3 is 2.69 bits per heavy atom. The van der Waals surface area contributed by atoms with Crippen molar-refractivity contribution in [3.05, 3.63) is 29.8 Å². The van der Waals surface area contributed by atoms with Crippen LogP contribution in [0.2, 0.25) is 0 Å². The van der Waals surface area contributed by atoms with Crippen molar-refractivity contribution < 1.29 is 17.9 Å². The normalized spacial score (nSPS) is 22.9. The fourth-order valence-corrected chi connectivity index (χ4v) is 4.36. The summed E-state index contributed by atoms with van der Waals surface area (Å²) in [4.78, 5) is 2.31. The molecule has 0 bridgehead atoms. The molecule has 0 amide bonds. The zero-order valence-electron chi connectivity index (χ0n) is 16.3. The molecule has 1 aliphatic rings. The summed E-state index contributed by atoms with van der Waals surface area (Å²) in [6.07, 6.45) is 3.93. The van der Waals surface area contributed by atoms with Crippen LogP contribution >= 0.6 is 0 Å². The zero-order valence-corrected chi connectivity index (χ0v) is 17.1. The largest absolute Gasteiger partial charge is 0.489 e. The summed E-state index contributed by atoms with van der Waals surface area (Å²) in [5.74, 6) is 0.908. The molecular formula is C19H32N2O4S. The number of piperidine rings is 1. The number of rotatable bonds is 9. The van der Waals surface area contributed by atoms with Crippen LogP contribution in [0.5, 0.6) is 5.75 Å². The maximum atomic E-state index is 11.7. The van der Waals surface area contributed by atoms with E-state index in [0.29, 0.717) is 6.61 Å². The number of ether oxygens (including phenoxy) is 2. The molecule has 0 spiro atoms. The monoisotopic (exact) mass is 384 g/mol. The van der Waals surface area contributed by atoms with Crippen molar-refractivity contribution in [2.45, 2.75) is 51.3 Å². The van der Waals surface area contributed by atoms with Gasteiger partial charge in [0.2, 0.25) is 10.0 Å². The number of nitrogens with one attached hydrogen (secondary N) is 1. The fraction of sp³-hybridized carbons (Fsp3) is 0.684. The number of sulfonamides is 1. The van der Waals surface area contributed by atoms with Crippen LogP contribution in [0.3, 0.4) is 0 Å². The first-order valence-corrected chi connectivity index (χ1v) is 11.2. The summed E-state index contributed by atoms with van der Waals surface area (Å²) in [5.41, 5.74) is 1.12. The van der Waals surface area contributed by atoms with Gasteiger partial charge < -0.3 is 9.47 Å². The first-order valence-electron chi connectivity index (χ1n) is 9.26. The van der Waals surface area contributed by atoms with E-state index in [4.69, 9.17) is 9.47 Å². The molecular weight excluding hydrogens is 352 g/mol. The molecule has 26 heavy (non-hydrogen) atoms. The van der Waals surface area contributed by atoms with Crippen molar-refractivity contribution >= 4 is 10.0 Å². The minimum Gasteiger partial charge on any atom is -0.489 e. The molecule has 7 heteroatoms. The molecule has 0 aromatic heterocycles. The minimum absolute atomic E-state index is 0.0120. The molecule has 1 aromatic carbocycles. The quantitative estimate of drug-likeness (QED) is 0.707. The maximum Gasteiger partial charge on any atom is 0.209 e. The molecule has 3 atom stereocenters. The number of methoxy groups -OCH3 is 1. The molecule has 1 fully saturated rings. The lowest BCUT2D eigenvalue weighted by Crippen LogP contribution is -2.58. The van der Waals surface area contributed by atoms with E-state index in [2.05, 4.69) is 16.5 Å². The van der Waals surface area contributed by atoms with Crippen LogP contribution in [-0.2, 0) is 14.8 Å². The lowest BCUT2D eigenvalue weighted by Gasteiger charge is -2.42. The minimum atomic E-state index is -3.25. The van der Waals surface area contributed by atoms with Gasteiger partial charge in [0.1, 0.15) is 11.9 Å². The number of para-hydroxylation sites is 1. The second kappa shape index (κ2) is 9.69. The fourth-order valence-electron chi connectivity index (χ4n) is 3.54. The predicted octanol–water partition coefficient (Wildman–Crippen LogP) is 2.18. The van der Waals surface area contributed by atoms with Gasteiger partial charge in [-0.3, -0.25) is 4.90 Å². The topological polar surface area (TPSA) is 67.9 Å². The zero-order chi connectivity index (χ0) is 19.2. The Morgan fingerprint density at radius 2 is 2.08 bits per heavy atom. The highest BCUT2D eigenvalue weighted by molar-refractivity contribution is 7.88. The van der Waals surface area contributed by atoms with E-state index in [9.17, 15) is 8.42 Å². The van der Waals surface area contributed by atoms with Gasteiger partial charge in [0.15, 0.2) is 0 Å². The Balaban J connectivity index is 2.09. The van der Waals surface area contributed by atoms with E-state index < -0.39 is 10.0 Å². The smallest absolute Gasteiger partial charge is 0.209 e. The van der Waals surface area contributed by atoms with Crippen LogP contribution in [0, 0.1) is 6.92 Å². The standard InChI is InChI=1S/C19H32N2O4S/c1-5-16(25-19-11-7-6-9-15(19)2)13-21-12-8-10-17(18(21)14-24-3)20-26(4,22)23/h6-7,9,11,16-18,20H,5,8,10,12-14H2,1-4H3/t16-,17?,18?/m0/s1. The van der Waals surface area contributed by atoms with Gasteiger partial charge in [-0.2, -0.15) is 0 Å². The van der Waals surface area contributed by atoms with Crippen LogP contribution in [0.15, 0.2) is 24.3 Å². The molecule has 2 rings (SSSR count). The molecule has 6 nitrogen and oxygen atoms in total. The van der Waals surface area contributed by atoms with Crippen molar-refractivity contribution in [2.75, 3.05) is 33.1 Å². The molecule has 1 aromatic rings. The summed E-state index contributed by atoms with van der Waals surface area (Å²) in [7, 11) is -1.59. The molecule has 1 aliphatic heterocycles. The highest BCUT2D eigenvalue weighted by Gasteiger charge is 2.34. The lowest BCUT2D eigenvalue weighted by atomic mass is 9.97. The SMILES string of the molecule is CC[C@@H](CN1CCCC(NS(C)(=O)=O)C1COC)Oc1ccccc1C. The van der Waals surface area contributed by atoms with Crippen LogP contribution in [-0.4, -0.2) is 64.6 Å². The molecule has 1 saturated heterocycles. The number of likely N-dealkylation sites (tertiary alicyclic amines) is 1. The third-order valence-electron chi connectivity index (χ3n) is 4.88. The van der Waals surface area contributed by atoms with Gasteiger partial charge in [-0.05, 0) is 44.4 Å². The van der Waals surface area contributed by atoms with Gasteiger partial charge >= 0.3 is 0 Å². The molecule has 1 heterocycles. The van der Waals surface area contributed by atoms with Crippen molar-refractivity contribution in [3.63, 3.8) is 0 Å². The third-order valence-corrected chi connectivity index (χ3v) is 5.61. The van der Waals surface area contributed by atoms with Gasteiger partial charge in [0.25, 0.3) is 0 Å². The van der Waals surface area contributed by atoms with Crippen LogP contribution in [0.25, 0.3) is 0 Å². The van der Waals surface area contributed by atoms with E-state index in [0.717, 1.165) is 43.7 Å². The summed E-state index contributed by atoms with van der Waals surface area (Å²) < 4.78 is 37.8. The second-order valence-electron chi connectivity index (χ2n) is 7.07. The Kier molecular flexibility index (Phi) is 7.88. The average Bonchev–Trinajstić information content (AvgIpc) is 2.57.